The van der Waals surface area contributed by atoms with Crippen molar-refractivity contribution in [3.63, 3.8) is 0 Å². The minimum Gasteiger partial charge on any atom is -0.349 e. The first-order chi connectivity index (χ1) is 8.81. The van der Waals surface area contributed by atoms with Crippen LogP contribution in [0.3, 0.4) is 0 Å². The van der Waals surface area contributed by atoms with Gasteiger partial charge < -0.3 is 11.1 Å². The number of benzene rings is 1. The second-order valence-electron chi connectivity index (χ2n) is 5.98. The normalized spacial score (nSPS) is 13.1. The zero-order chi connectivity index (χ0) is 14.5. The molecule has 4 heteroatoms. The number of hydrogen-bond donors (Lipinski definition) is 2. The summed E-state index contributed by atoms with van der Waals surface area (Å²) in [6.07, 6.45) is 1.22. The molecule has 3 N–H and O–H groups in total. The Morgan fingerprint density at radius 3 is 2.37 bits per heavy atom. The second-order valence-corrected chi connectivity index (χ2v) is 6.41. The Hall–Kier alpha value is -1.06. The highest BCUT2D eigenvalue weighted by atomic mass is 35.5. The zero-order valence-corrected chi connectivity index (χ0v) is 12.6. The Morgan fingerprint density at radius 1 is 1.32 bits per heavy atom. The predicted molar refractivity (Wildman–Crippen MR) is 80.1 cm³/mol. The smallest absolute Gasteiger partial charge is 0.221 e. The predicted octanol–water partition coefficient (Wildman–Crippen LogP) is 3.28. The van der Waals surface area contributed by atoms with Gasteiger partial charge in [0.15, 0.2) is 0 Å². The molecule has 1 rings (SSSR count). The largest absolute Gasteiger partial charge is 0.349 e. The fourth-order valence-electron chi connectivity index (χ4n) is 1.96. The second kappa shape index (κ2) is 6.92. The number of rotatable bonds is 5. The standard InChI is InChI=1S/C15H23ClN2O/c1-15(2,3)10-13(18-14(19)8-9-17)11-4-6-12(16)7-5-11/h4-7,13H,8-10,17H2,1-3H3,(H,18,19). The van der Waals surface area contributed by atoms with Gasteiger partial charge in [-0.1, -0.05) is 44.5 Å². The van der Waals surface area contributed by atoms with Gasteiger partial charge in [0.05, 0.1) is 6.04 Å². The molecule has 1 unspecified atom stereocenters. The van der Waals surface area contributed by atoms with Crippen LogP contribution < -0.4 is 11.1 Å². The Bertz CT molecular complexity index is 409. The van der Waals surface area contributed by atoms with Crippen molar-refractivity contribution in [1.82, 2.24) is 5.32 Å². The van der Waals surface area contributed by atoms with Crippen LogP contribution in [0.4, 0.5) is 0 Å². The van der Waals surface area contributed by atoms with E-state index in [2.05, 4.69) is 26.1 Å². The molecule has 1 atom stereocenters. The van der Waals surface area contributed by atoms with E-state index in [1.54, 1.807) is 0 Å². The van der Waals surface area contributed by atoms with Gasteiger partial charge in [-0.3, -0.25) is 4.79 Å². The Balaban J connectivity index is 2.85. The monoisotopic (exact) mass is 282 g/mol. The molecule has 0 aromatic heterocycles. The van der Waals surface area contributed by atoms with E-state index in [0.717, 1.165) is 12.0 Å². The molecular formula is C15H23ClN2O. The molecule has 0 saturated heterocycles. The Kier molecular flexibility index (Phi) is 5.83. The quantitative estimate of drug-likeness (QED) is 0.871. The minimum absolute atomic E-state index is 0.00341. The van der Waals surface area contributed by atoms with Crippen LogP contribution in [0.5, 0.6) is 0 Å². The number of nitrogens with one attached hydrogen (secondary N) is 1. The van der Waals surface area contributed by atoms with Crippen molar-refractivity contribution < 1.29 is 4.79 Å². The van der Waals surface area contributed by atoms with E-state index in [0.29, 0.717) is 18.0 Å². The molecule has 0 aliphatic rings. The maximum atomic E-state index is 11.8. The summed E-state index contributed by atoms with van der Waals surface area (Å²) in [4.78, 5) is 11.8. The summed E-state index contributed by atoms with van der Waals surface area (Å²) in [5.41, 5.74) is 6.61. The number of amides is 1. The molecule has 0 saturated carbocycles. The maximum absolute atomic E-state index is 11.8. The summed E-state index contributed by atoms with van der Waals surface area (Å²) in [7, 11) is 0. The molecule has 0 fully saturated rings. The summed E-state index contributed by atoms with van der Waals surface area (Å²) in [6, 6.07) is 7.61. The van der Waals surface area contributed by atoms with Gasteiger partial charge in [-0.05, 0) is 29.5 Å². The van der Waals surface area contributed by atoms with Gasteiger partial charge in [-0.25, -0.2) is 0 Å². The summed E-state index contributed by atoms with van der Waals surface area (Å²) >= 11 is 5.90. The van der Waals surface area contributed by atoms with Crippen LogP contribution in [0, 0.1) is 5.41 Å². The zero-order valence-electron chi connectivity index (χ0n) is 11.9. The molecule has 0 radical (unpaired) electrons. The number of nitrogens with two attached hydrogens (primary N) is 1. The van der Waals surface area contributed by atoms with Crippen molar-refractivity contribution in [3.05, 3.63) is 34.9 Å². The number of carbonyl (C=O) groups excluding carboxylic acids is 1. The topological polar surface area (TPSA) is 55.1 Å². The third kappa shape index (κ3) is 6.08. The molecule has 0 bridgehead atoms. The van der Waals surface area contributed by atoms with Gasteiger partial charge in [0.1, 0.15) is 0 Å². The van der Waals surface area contributed by atoms with E-state index in [1.807, 2.05) is 24.3 Å². The average Bonchev–Trinajstić information content (AvgIpc) is 2.27. The highest BCUT2D eigenvalue weighted by Crippen LogP contribution is 2.30. The van der Waals surface area contributed by atoms with E-state index >= 15 is 0 Å². The van der Waals surface area contributed by atoms with Gasteiger partial charge in [0.2, 0.25) is 5.91 Å². The lowest BCUT2D eigenvalue weighted by Crippen LogP contribution is -2.32. The first-order valence-corrected chi connectivity index (χ1v) is 6.94. The van der Waals surface area contributed by atoms with Gasteiger partial charge >= 0.3 is 0 Å². The molecule has 0 spiro atoms. The van der Waals surface area contributed by atoms with Crippen LogP contribution >= 0.6 is 11.6 Å². The molecule has 0 aliphatic carbocycles. The van der Waals surface area contributed by atoms with E-state index in [4.69, 9.17) is 17.3 Å². The fraction of sp³-hybridized carbons (Fsp3) is 0.533. The van der Waals surface area contributed by atoms with Gasteiger partial charge in [0.25, 0.3) is 0 Å². The molecule has 1 aromatic carbocycles. The molecule has 1 aromatic rings. The molecule has 19 heavy (non-hydrogen) atoms. The van der Waals surface area contributed by atoms with Gasteiger partial charge in [-0.2, -0.15) is 0 Å². The van der Waals surface area contributed by atoms with Crippen LogP contribution in [0.15, 0.2) is 24.3 Å². The summed E-state index contributed by atoms with van der Waals surface area (Å²) in [5.74, 6) is -0.00769. The van der Waals surface area contributed by atoms with Crippen molar-refractivity contribution in [3.8, 4) is 0 Å². The lowest BCUT2D eigenvalue weighted by atomic mass is 9.85. The van der Waals surface area contributed by atoms with Crippen LogP contribution in [0.2, 0.25) is 5.02 Å². The number of halogens is 1. The van der Waals surface area contributed by atoms with Crippen molar-refractivity contribution in [1.29, 1.82) is 0 Å². The number of carbonyl (C=O) groups is 1. The maximum Gasteiger partial charge on any atom is 0.221 e. The summed E-state index contributed by atoms with van der Waals surface area (Å²) in [5, 5.41) is 3.75. The van der Waals surface area contributed by atoms with Crippen molar-refractivity contribution in [2.75, 3.05) is 6.54 Å². The molecule has 3 nitrogen and oxygen atoms in total. The minimum atomic E-state index is -0.00769. The van der Waals surface area contributed by atoms with Crippen molar-refractivity contribution in [2.45, 2.75) is 39.7 Å². The van der Waals surface area contributed by atoms with E-state index in [1.165, 1.54) is 0 Å². The van der Waals surface area contributed by atoms with Crippen LogP contribution in [-0.2, 0) is 4.79 Å². The van der Waals surface area contributed by atoms with E-state index in [-0.39, 0.29) is 17.4 Å². The van der Waals surface area contributed by atoms with Gasteiger partial charge in [-0.15, -0.1) is 0 Å². The molecule has 0 heterocycles. The average molecular weight is 283 g/mol. The van der Waals surface area contributed by atoms with Gasteiger partial charge in [0, 0.05) is 18.0 Å². The van der Waals surface area contributed by atoms with Crippen molar-refractivity contribution >= 4 is 17.5 Å². The van der Waals surface area contributed by atoms with Crippen LogP contribution in [0.25, 0.3) is 0 Å². The molecule has 0 aliphatic heterocycles. The first-order valence-electron chi connectivity index (χ1n) is 6.57. The van der Waals surface area contributed by atoms with Crippen LogP contribution in [-0.4, -0.2) is 12.5 Å². The lowest BCUT2D eigenvalue weighted by Gasteiger charge is -2.27. The fourth-order valence-corrected chi connectivity index (χ4v) is 2.08. The SMILES string of the molecule is CC(C)(C)CC(NC(=O)CCN)c1ccc(Cl)cc1. The summed E-state index contributed by atoms with van der Waals surface area (Å²) in [6.45, 7) is 6.84. The Morgan fingerprint density at radius 2 is 1.89 bits per heavy atom. The van der Waals surface area contributed by atoms with E-state index < -0.39 is 0 Å². The molecule has 1 amide bonds. The van der Waals surface area contributed by atoms with Crippen molar-refractivity contribution in [2.24, 2.45) is 11.1 Å². The molecule has 106 valence electrons. The van der Waals surface area contributed by atoms with Crippen LogP contribution in [0.1, 0.15) is 45.2 Å². The third-order valence-electron chi connectivity index (χ3n) is 2.80. The molecular weight excluding hydrogens is 260 g/mol. The summed E-state index contributed by atoms with van der Waals surface area (Å²) < 4.78 is 0. The first kappa shape index (κ1) is 16.0. The third-order valence-corrected chi connectivity index (χ3v) is 3.05. The highest BCUT2D eigenvalue weighted by molar-refractivity contribution is 6.30. The highest BCUT2D eigenvalue weighted by Gasteiger charge is 2.21. The Labute approximate surface area is 120 Å². The number of hydrogen-bond acceptors (Lipinski definition) is 2. The lowest BCUT2D eigenvalue weighted by molar-refractivity contribution is -0.121. The van der Waals surface area contributed by atoms with E-state index in [9.17, 15) is 4.79 Å².